The van der Waals surface area contributed by atoms with Gasteiger partial charge in [0.25, 0.3) is 0 Å². The average molecular weight is 218 g/mol. The van der Waals surface area contributed by atoms with Gasteiger partial charge in [-0.25, -0.2) is 0 Å². The van der Waals surface area contributed by atoms with Gasteiger partial charge in [0.2, 0.25) is 0 Å². The first-order chi connectivity index (χ1) is 7.76. The Morgan fingerprint density at radius 2 is 2.12 bits per heavy atom. The summed E-state index contributed by atoms with van der Waals surface area (Å²) >= 11 is 0. The predicted octanol–water partition coefficient (Wildman–Crippen LogP) is 1.19. The molecule has 6 aliphatic carbocycles. The zero-order chi connectivity index (χ0) is 10.7. The van der Waals surface area contributed by atoms with Gasteiger partial charge in [0, 0.05) is 5.41 Å². The number of hydrogen-bond acceptors (Lipinski definition) is 2. The second-order valence-corrected chi connectivity index (χ2v) is 7.09. The first-order valence-electron chi connectivity index (χ1n) is 6.69. The van der Waals surface area contributed by atoms with E-state index in [2.05, 4.69) is 6.08 Å². The first kappa shape index (κ1) is 8.71. The van der Waals surface area contributed by atoms with Crippen molar-refractivity contribution in [2.75, 3.05) is 13.2 Å². The molecule has 2 nitrogen and oxygen atoms in total. The third-order valence-corrected chi connectivity index (χ3v) is 6.82. The molecule has 0 aromatic rings. The predicted molar refractivity (Wildman–Crippen MR) is 58.4 cm³/mol. The number of aliphatic hydroxyl groups excluding tert-OH is 2. The molecule has 6 aliphatic rings. The summed E-state index contributed by atoms with van der Waals surface area (Å²) in [6, 6.07) is 0. The third kappa shape index (κ3) is 0.595. The van der Waals surface area contributed by atoms with Gasteiger partial charge in [0.1, 0.15) is 0 Å². The molecule has 2 heteroatoms. The highest BCUT2D eigenvalue weighted by atomic mass is 16.3. The molecule has 6 bridgehead atoms. The van der Waals surface area contributed by atoms with Gasteiger partial charge >= 0.3 is 0 Å². The molecule has 0 radical (unpaired) electrons. The van der Waals surface area contributed by atoms with E-state index in [1.807, 2.05) is 0 Å². The van der Waals surface area contributed by atoms with Crippen LogP contribution in [-0.2, 0) is 0 Å². The fourth-order valence-electron chi connectivity index (χ4n) is 6.49. The molecule has 5 saturated carbocycles. The lowest BCUT2D eigenvalue weighted by molar-refractivity contribution is 0.0418. The van der Waals surface area contributed by atoms with Crippen LogP contribution in [0.3, 0.4) is 0 Å². The van der Waals surface area contributed by atoms with E-state index in [0.717, 1.165) is 42.4 Å². The van der Waals surface area contributed by atoms with E-state index in [0.29, 0.717) is 5.41 Å². The monoisotopic (exact) mass is 218 g/mol. The van der Waals surface area contributed by atoms with Crippen molar-refractivity contribution < 1.29 is 10.2 Å². The fourth-order valence-corrected chi connectivity index (χ4v) is 6.49. The first-order valence-corrected chi connectivity index (χ1v) is 6.69. The highest BCUT2D eigenvalue weighted by molar-refractivity contribution is 5.47. The van der Waals surface area contributed by atoms with Gasteiger partial charge in [0.05, 0.1) is 13.2 Å². The normalized spacial score (nSPS) is 61.4. The van der Waals surface area contributed by atoms with Crippen LogP contribution in [0.2, 0.25) is 0 Å². The van der Waals surface area contributed by atoms with E-state index in [9.17, 15) is 10.2 Å². The van der Waals surface area contributed by atoms with Crippen molar-refractivity contribution >= 4 is 0 Å². The molecule has 0 aromatic carbocycles. The minimum Gasteiger partial charge on any atom is -0.396 e. The van der Waals surface area contributed by atoms with E-state index in [1.165, 1.54) is 6.42 Å². The summed E-state index contributed by atoms with van der Waals surface area (Å²) in [5.41, 5.74) is 1.92. The highest BCUT2D eigenvalue weighted by Crippen LogP contribution is 2.89. The Morgan fingerprint density at radius 3 is 2.75 bits per heavy atom. The van der Waals surface area contributed by atoms with Gasteiger partial charge in [0.15, 0.2) is 0 Å². The topological polar surface area (TPSA) is 40.5 Å². The maximum absolute atomic E-state index is 9.61. The molecule has 5 fully saturated rings. The molecule has 2 N–H and O–H groups in total. The minimum atomic E-state index is -0.179. The van der Waals surface area contributed by atoms with Crippen LogP contribution in [0.5, 0.6) is 0 Å². The molecule has 0 amide bonds. The van der Waals surface area contributed by atoms with Crippen LogP contribution in [0.1, 0.15) is 19.3 Å². The number of hydrogen-bond donors (Lipinski definition) is 2. The van der Waals surface area contributed by atoms with Crippen molar-refractivity contribution in [2.45, 2.75) is 19.3 Å². The molecular formula is C14H18O2. The lowest BCUT2D eigenvalue weighted by Crippen LogP contribution is -2.31. The number of rotatable bonds is 2. The van der Waals surface area contributed by atoms with Gasteiger partial charge in [-0.2, -0.15) is 0 Å². The summed E-state index contributed by atoms with van der Waals surface area (Å²) in [7, 11) is 0. The van der Waals surface area contributed by atoms with Gasteiger partial charge in [-0.1, -0.05) is 11.6 Å². The molecule has 0 heterocycles. The molecular weight excluding hydrogens is 200 g/mol. The van der Waals surface area contributed by atoms with E-state index in [1.54, 1.807) is 5.57 Å². The Balaban J connectivity index is 1.66. The zero-order valence-corrected chi connectivity index (χ0v) is 9.39. The van der Waals surface area contributed by atoms with Crippen LogP contribution < -0.4 is 0 Å². The van der Waals surface area contributed by atoms with Crippen LogP contribution in [-0.4, -0.2) is 23.4 Å². The molecule has 6 rings (SSSR count). The van der Waals surface area contributed by atoms with Crippen molar-refractivity contribution in [3.63, 3.8) is 0 Å². The average Bonchev–Trinajstić information content (AvgIpc) is 2.66. The Morgan fingerprint density at radius 1 is 1.31 bits per heavy atom. The quantitative estimate of drug-likeness (QED) is 0.683. The molecule has 16 heavy (non-hydrogen) atoms. The molecule has 0 aromatic heterocycles. The second kappa shape index (κ2) is 2.15. The van der Waals surface area contributed by atoms with Gasteiger partial charge in [-0.3, -0.25) is 0 Å². The Kier molecular flexibility index (Phi) is 1.17. The SMILES string of the molecule is OCC1(CO)CC2=CC3C4C5CC3C2(C1)C54. The fraction of sp³-hybridized carbons (Fsp3) is 0.857. The third-order valence-electron chi connectivity index (χ3n) is 6.82. The zero-order valence-electron chi connectivity index (χ0n) is 9.39. The second-order valence-electron chi connectivity index (χ2n) is 7.09. The Labute approximate surface area is 95.4 Å². The van der Waals surface area contributed by atoms with Crippen LogP contribution in [0.4, 0.5) is 0 Å². The van der Waals surface area contributed by atoms with Gasteiger partial charge in [-0.15, -0.1) is 0 Å². The smallest absolute Gasteiger partial charge is 0.0512 e. The highest BCUT2D eigenvalue weighted by Gasteiger charge is 2.84. The molecule has 6 unspecified atom stereocenters. The summed E-state index contributed by atoms with van der Waals surface area (Å²) in [6.45, 7) is 0.337. The van der Waals surface area contributed by atoms with Crippen molar-refractivity contribution in [1.29, 1.82) is 0 Å². The van der Waals surface area contributed by atoms with E-state index >= 15 is 0 Å². The molecule has 86 valence electrons. The lowest BCUT2D eigenvalue weighted by Gasteiger charge is -2.31. The van der Waals surface area contributed by atoms with E-state index in [4.69, 9.17) is 0 Å². The van der Waals surface area contributed by atoms with Gasteiger partial charge in [-0.05, 0) is 54.3 Å². The molecule has 1 spiro atoms. The van der Waals surface area contributed by atoms with Crippen LogP contribution in [0, 0.1) is 40.4 Å². The molecule has 0 saturated heterocycles. The summed E-state index contributed by atoms with van der Waals surface area (Å²) in [4.78, 5) is 0. The Bertz CT molecular complexity index is 422. The number of aliphatic hydroxyl groups is 2. The maximum Gasteiger partial charge on any atom is 0.0512 e. The molecule has 6 atom stereocenters. The number of allylic oxidation sites excluding steroid dienone is 2. The largest absolute Gasteiger partial charge is 0.396 e. The van der Waals surface area contributed by atoms with Crippen molar-refractivity contribution in [3.8, 4) is 0 Å². The van der Waals surface area contributed by atoms with Crippen LogP contribution in [0.25, 0.3) is 0 Å². The standard InChI is InChI=1S/C14H18O2/c15-5-13(6-16)3-7-1-8-10-2-9-11(8)12(9)14(7,10)4-13/h1,8-12,15-16H,2-6H2. The van der Waals surface area contributed by atoms with Crippen LogP contribution in [0.15, 0.2) is 11.6 Å². The maximum atomic E-state index is 9.61. The van der Waals surface area contributed by atoms with Crippen molar-refractivity contribution in [3.05, 3.63) is 11.6 Å². The summed E-state index contributed by atoms with van der Waals surface area (Å²) < 4.78 is 0. The van der Waals surface area contributed by atoms with E-state index in [-0.39, 0.29) is 18.6 Å². The Hall–Kier alpha value is -0.340. The van der Waals surface area contributed by atoms with Crippen LogP contribution >= 0.6 is 0 Å². The minimum absolute atomic E-state index is 0.169. The summed E-state index contributed by atoms with van der Waals surface area (Å²) in [6.07, 6.45) is 6.06. The van der Waals surface area contributed by atoms with E-state index < -0.39 is 0 Å². The molecule has 0 aliphatic heterocycles. The van der Waals surface area contributed by atoms with Gasteiger partial charge < -0.3 is 10.2 Å². The summed E-state index contributed by atoms with van der Waals surface area (Å²) in [5.74, 6) is 4.81. The van der Waals surface area contributed by atoms with Crippen molar-refractivity contribution in [2.24, 2.45) is 40.4 Å². The summed E-state index contributed by atoms with van der Waals surface area (Å²) in [5, 5.41) is 19.2. The van der Waals surface area contributed by atoms with Crippen molar-refractivity contribution in [1.82, 2.24) is 0 Å². The lowest BCUT2D eigenvalue weighted by atomic mass is 9.74.